The number of benzene rings is 1. The van der Waals surface area contributed by atoms with Crippen LogP contribution in [0.3, 0.4) is 0 Å². The maximum Gasteiger partial charge on any atom is 0.234 e. The average molecular weight is 450 g/mol. The number of anilines is 1. The zero-order chi connectivity index (χ0) is 21.9. The lowest BCUT2D eigenvalue weighted by molar-refractivity contribution is -0.122. The van der Waals surface area contributed by atoms with Crippen LogP contribution < -0.4 is 10.6 Å². The molecule has 1 aromatic carbocycles. The molecule has 0 bridgehead atoms. The third kappa shape index (κ3) is 4.64. The molecular formula is C25H31N5OS. The molecule has 2 N–H and O–H groups in total. The SMILES string of the molecule is CN(CC(=O)NCc1ccccc1)[C@H]1CC[C@H](Nc2ncnc3sc4c(c23)CCC4)CC1. The number of carbonyl (C=O) groups excluding carboxylic acids is 1. The molecule has 0 unspecified atom stereocenters. The van der Waals surface area contributed by atoms with Crippen molar-refractivity contribution < 1.29 is 4.79 Å². The van der Waals surface area contributed by atoms with Crippen LogP contribution in [0, 0.1) is 0 Å². The molecular weight excluding hydrogens is 418 g/mol. The fourth-order valence-electron chi connectivity index (χ4n) is 5.10. The van der Waals surface area contributed by atoms with Crippen molar-refractivity contribution in [3.05, 3.63) is 52.7 Å². The summed E-state index contributed by atoms with van der Waals surface area (Å²) < 4.78 is 0. The predicted molar refractivity (Wildman–Crippen MR) is 130 cm³/mol. The van der Waals surface area contributed by atoms with E-state index in [0.29, 0.717) is 25.2 Å². The van der Waals surface area contributed by atoms with Crippen molar-refractivity contribution in [2.24, 2.45) is 0 Å². The fourth-order valence-corrected chi connectivity index (χ4v) is 6.33. The highest BCUT2D eigenvalue weighted by Gasteiger charge is 2.27. The first kappa shape index (κ1) is 21.3. The Labute approximate surface area is 193 Å². The molecule has 2 heterocycles. The van der Waals surface area contributed by atoms with E-state index in [1.54, 1.807) is 6.33 Å². The third-order valence-electron chi connectivity index (χ3n) is 6.89. The molecule has 6 nitrogen and oxygen atoms in total. The Hall–Kier alpha value is -2.51. The summed E-state index contributed by atoms with van der Waals surface area (Å²) in [6, 6.07) is 10.9. The number of aromatic nitrogens is 2. The second kappa shape index (κ2) is 9.55. The summed E-state index contributed by atoms with van der Waals surface area (Å²) in [6.07, 6.45) is 9.67. The van der Waals surface area contributed by atoms with Gasteiger partial charge in [0.05, 0.1) is 11.9 Å². The van der Waals surface area contributed by atoms with Gasteiger partial charge in [-0.1, -0.05) is 30.3 Å². The lowest BCUT2D eigenvalue weighted by Crippen LogP contribution is -2.43. The largest absolute Gasteiger partial charge is 0.367 e. The van der Waals surface area contributed by atoms with Crippen molar-refractivity contribution in [2.75, 3.05) is 18.9 Å². The number of nitrogens with zero attached hydrogens (tertiary/aromatic N) is 3. The monoisotopic (exact) mass is 449 g/mol. The Bertz CT molecular complexity index is 1070. The predicted octanol–water partition coefficient (Wildman–Crippen LogP) is 4.15. The minimum absolute atomic E-state index is 0.0892. The number of likely N-dealkylation sites (N-methyl/N-ethyl adjacent to an activating group) is 1. The van der Waals surface area contributed by atoms with Gasteiger partial charge in [0.2, 0.25) is 5.91 Å². The van der Waals surface area contributed by atoms with Crippen molar-refractivity contribution >= 4 is 33.3 Å². The van der Waals surface area contributed by atoms with E-state index in [0.717, 1.165) is 48.3 Å². The normalized spacial score (nSPS) is 20.4. The number of fused-ring (bicyclic) bond motifs is 3. The van der Waals surface area contributed by atoms with Gasteiger partial charge >= 0.3 is 0 Å². The Morgan fingerprint density at radius 1 is 1.12 bits per heavy atom. The maximum atomic E-state index is 12.4. The highest BCUT2D eigenvalue weighted by molar-refractivity contribution is 7.19. The van der Waals surface area contributed by atoms with Gasteiger partial charge in [-0.15, -0.1) is 11.3 Å². The summed E-state index contributed by atoms with van der Waals surface area (Å²) in [4.78, 5) is 26.4. The molecule has 2 aliphatic rings. The number of hydrogen-bond acceptors (Lipinski definition) is 6. The molecule has 1 fully saturated rings. The smallest absolute Gasteiger partial charge is 0.234 e. The van der Waals surface area contributed by atoms with Crippen LogP contribution in [0.25, 0.3) is 10.2 Å². The van der Waals surface area contributed by atoms with E-state index in [1.165, 1.54) is 28.7 Å². The molecule has 0 aliphatic heterocycles. The zero-order valence-corrected chi connectivity index (χ0v) is 19.5. The number of thiophene rings is 1. The van der Waals surface area contributed by atoms with Crippen LogP contribution in [-0.2, 0) is 24.2 Å². The first-order valence-corrected chi connectivity index (χ1v) is 12.5. The van der Waals surface area contributed by atoms with Crippen molar-refractivity contribution in [2.45, 2.75) is 63.6 Å². The van der Waals surface area contributed by atoms with Crippen molar-refractivity contribution in [1.29, 1.82) is 0 Å². The number of nitrogens with one attached hydrogen (secondary N) is 2. The second-order valence-corrected chi connectivity index (χ2v) is 10.2. The first-order valence-electron chi connectivity index (χ1n) is 11.7. The molecule has 3 aromatic rings. The number of amides is 1. The average Bonchev–Trinajstić information content (AvgIpc) is 3.40. The Morgan fingerprint density at radius 2 is 1.94 bits per heavy atom. The van der Waals surface area contributed by atoms with Gasteiger partial charge in [-0.05, 0) is 63.1 Å². The van der Waals surface area contributed by atoms with Crippen LogP contribution in [-0.4, -0.2) is 46.5 Å². The minimum atomic E-state index is 0.0892. The second-order valence-electron chi connectivity index (χ2n) is 9.09. The summed E-state index contributed by atoms with van der Waals surface area (Å²) in [7, 11) is 2.07. The van der Waals surface area contributed by atoms with Crippen LogP contribution >= 0.6 is 11.3 Å². The van der Waals surface area contributed by atoms with E-state index in [1.807, 2.05) is 41.7 Å². The number of hydrogen-bond donors (Lipinski definition) is 2. The molecule has 32 heavy (non-hydrogen) atoms. The molecule has 2 aliphatic carbocycles. The van der Waals surface area contributed by atoms with E-state index in [2.05, 4.69) is 32.5 Å². The molecule has 0 atom stereocenters. The fraction of sp³-hybridized carbons (Fsp3) is 0.480. The van der Waals surface area contributed by atoms with E-state index >= 15 is 0 Å². The van der Waals surface area contributed by atoms with Crippen LogP contribution in [0.5, 0.6) is 0 Å². The molecule has 0 spiro atoms. The standard InChI is InChI=1S/C25H31N5OS/c1-30(15-22(31)26-14-17-6-3-2-4-7-17)19-12-10-18(11-13-19)29-24-23-20-8-5-9-21(20)32-25(23)28-16-27-24/h2-4,6-7,16,18-19H,5,8-15H2,1H3,(H,26,31)(H,27,28,29)/t18-,19-. The molecule has 5 rings (SSSR count). The van der Waals surface area contributed by atoms with E-state index < -0.39 is 0 Å². The van der Waals surface area contributed by atoms with Gasteiger partial charge in [0.15, 0.2) is 0 Å². The Morgan fingerprint density at radius 3 is 2.75 bits per heavy atom. The highest BCUT2D eigenvalue weighted by atomic mass is 32.1. The van der Waals surface area contributed by atoms with E-state index in [4.69, 9.17) is 0 Å². The highest BCUT2D eigenvalue weighted by Crippen LogP contribution is 2.39. The molecule has 7 heteroatoms. The topological polar surface area (TPSA) is 70.2 Å². The number of rotatable bonds is 7. The van der Waals surface area contributed by atoms with Crippen LogP contribution in [0.15, 0.2) is 36.7 Å². The third-order valence-corrected chi connectivity index (χ3v) is 8.09. The molecule has 2 aromatic heterocycles. The molecule has 0 saturated heterocycles. The molecule has 1 amide bonds. The quantitative estimate of drug-likeness (QED) is 0.567. The lowest BCUT2D eigenvalue weighted by atomic mass is 9.90. The Balaban J connectivity index is 1.12. The Kier molecular flexibility index (Phi) is 6.37. The van der Waals surface area contributed by atoms with Gasteiger partial charge < -0.3 is 10.6 Å². The van der Waals surface area contributed by atoms with Gasteiger partial charge in [-0.3, -0.25) is 9.69 Å². The van der Waals surface area contributed by atoms with Gasteiger partial charge in [0, 0.05) is 23.5 Å². The maximum absolute atomic E-state index is 12.4. The summed E-state index contributed by atoms with van der Waals surface area (Å²) in [6.45, 7) is 1.03. The van der Waals surface area contributed by atoms with Gasteiger partial charge in [0.1, 0.15) is 17.0 Å². The van der Waals surface area contributed by atoms with Gasteiger partial charge in [-0.25, -0.2) is 9.97 Å². The summed E-state index contributed by atoms with van der Waals surface area (Å²) >= 11 is 1.84. The summed E-state index contributed by atoms with van der Waals surface area (Å²) in [5.74, 6) is 1.11. The van der Waals surface area contributed by atoms with Crippen LogP contribution in [0.1, 0.15) is 48.1 Å². The van der Waals surface area contributed by atoms with Gasteiger partial charge in [0.25, 0.3) is 0 Å². The summed E-state index contributed by atoms with van der Waals surface area (Å²) in [5, 5.41) is 8.04. The lowest BCUT2D eigenvalue weighted by Gasteiger charge is -2.34. The summed E-state index contributed by atoms with van der Waals surface area (Å²) in [5.41, 5.74) is 2.60. The zero-order valence-electron chi connectivity index (χ0n) is 18.6. The van der Waals surface area contributed by atoms with E-state index in [9.17, 15) is 4.79 Å². The molecule has 168 valence electrons. The number of carbonyl (C=O) groups is 1. The van der Waals surface area contributed by atoms with Crippen molar-refractivity contribution in [1.82, 2.24) is 20.2 Å². The first-order chi connectivity index (χ1) is 15.7. The van der Waals surface area contributed by atoms with Crippen LogP contribution in [0.4, 0.5) is 5.82 Å². The van der Waals surface area contributed by atoms with Crippen molar-refractivity contribution in [3.63, 3.8) is 0 Å². The number of aryl methyl sites for hydroxylation is 2. The van der Waals surface area contributed by atoms with Crippen LogP contribution in [0.2, 0.25) is 0 Å². The molecule has 0 radical (unpaired) electrons. The van der Waals surface area contributed by atoms with E-state index in [-0.39, 0.29) is 5.91 Å². The van der Waals surface area contributed by atoms with Gasteiger partial charge in [-0.2, -0.15) is 0 Å². The van der Waals surface area contributed by atoms with Crippen molar-refractivity contribution in [3.8, 4) is 0 Å². The molecule has 1 saturated carbocycles. The minimum Gasteiger partial charge on any atom is -0.367 e.